The monoisotopic (exact) mass is 343 g/mol. The molecule has 0 saturated carbocycles. The minimum absolute atomic E-state index is 0.0707. The molecule has 0 unspecified atom stereocenters. The Balaban J connectivity index is 2.01. The maximum atomic E-state index is 12.2. The number of aromatic carboxylic acids is 1. The highest BCUT2D eigenvalue weighted by atomic mass is 32.1. The quantitative estimate of drug-likeness (QED) is 0.744. The van der Waals surface area contributed by atoms with Crippen LogP contribution in [0.15, 0.2) is 34.4 Å². The fraction of sp³-hybridized carbons (Fsp3) is 0.235. The molecule has 0 aliphatic rings. The molecule has 0 aliphatic carbocycles. The second-order valence-electron chi connectivity index (χ2n) is 5.56. The Morgan fingerprint density at radius 2 is 2.17 bits per heavy atom. The van der Waals surface area contributed by atoms with E-state index in [0.29, 0.717) is 10.8 Å². The molecule has 3 aromatic rings. The van der Waals surface area contributed by atoms with Crippen LogP contribution >= 0.6 is 11.3 Å². The molecule has 2 N–H and O–H groups in total. The van der Waals surface area contributed by atoms with Crippen molar-refractivity contribution in [2.75, 3.05) is 0 Å². The van der Waals surface area contributed by atoms with Gasteiger partial charge in [0.25, 0.3) is 5.56 Å². The lowest BCUT2D eigenvalue weighted by Crippen LogP contribution is -2.13. The number of nitrogens with zero attached hydrogens (tertiary/aromatic N) is 2. The van der Waals surface area contributed by atoms with Crippen LogP contribution in [-0.2, 0) is 6.42 Å². The number of carboxylic acid groups (broad SMARTS) is 1. The van der Waals surface area contributed by atoms with Crippen molar-refractivity contribution in [1.29, 1.82) is 0 Å². The van der Waals surface area contributed by atoms with E-state index in [0.717, 1.165) is 29.7 Å². The summed E-state index contributed by atoms with van der Waals surface area (Å²) < 4.78 is 1.27. The molecule has 7 heteroatoms. The molecule has 6 nitrogen and oxygen atoms in total. The number of H-pyrrole nitrogens is 1. The van der Waals surface area contributed by atoms with E-state index in [1.807, 2.05) is 12.1 Å². The predicted molar refractivity (Wildman–Crippen MR) is 93.2 cm³/mol. The van der Waals surface area contributed by atoms with Crippen LogP contribution in [0.3, 0.4) is 0 Å². The number of hydrogen-bond acceptors (Lipinski definition) is 4. The Kier molecular flexibility index (Phi) is 4.35. The summed E-state index contributed by atoms with van der Waals surface area (Å²) in [6, 6.07) is 7.59. The molecule has 2 aromatic heterocycles. The summed E-state index contributed by atoms with van der Waals surface area (Å²) in [5, 5.41) is 13.7. The maximum Gasteiger partial charge on any atom is 0.355 e. The second kappa shape index (κ2) is 6.45. The van der Waals surface area contributed by atoms with Crippen LogP contribution in [-0.4, -0.2) is 25.8 Å². The van der Waals surface area contributed by atoms with Gasteiger partial charge in [0.05, 0.1) is 5.69 Å². The molecule has 1 aromatic carbocycles. The third-order valence-electron chi connectivity index (χ3n) is 3.80. The zero-order chi connectivity index (χ0) is 17.3. The smallest absolute Gasteiger partial charge is 0.355 e. The lowest BCUT2D eigenvalue weighted by atomic mass is 10.00. The second-order valence-corrected chi connectivity index (χ2v) is 6.39. The molecular formula is C17H17N3O3S. The minimum atomic E-state index is -1.11. The molecule has 0 radical (unpaired) electrons. The van der Waals surface area contributed by atoms with Gasteiger partial charge in [-0.25, -0.2) is 9.78 Å². The summed E-state index contributed by atoms with van der Waals surface area (Å²) in [5.41, 5.74) is 3.76. The van der Waals surface area contributed by atoms with Gasteiger partial charge in [-0.05, 0) is 36.1 Å². The van der Waals surface area contributed by atoms with Gasteiger partial charge < -0.3 is 5.11 Å². The van der Waals surface area contributed by atoms with Crippen molar-refractivity contribution in [3.63, 3.8) is 0 Å². The molecule has 2 heterocycles. The highest BCUT2D eigenvalue weighted by Crippen LogP contribution is 2.22. The van der Waals surface area contributed by atoms with Crippen molar-refractivity contribution in [3.05, 3.63) is 56.8 Å². The van der Waals surface area contributed by atoms with E-state index < -0.39 is 5.97 Å². The standard InChI is InChI=1S/C17H17N3O3S/c1-3-4-11-7-12(6-5-10(11)2)13-8-15(21)20(19-13)17-18-14(9-24-17)16(22)23/h5-9,19H,3-4H2,1-2H3,(H,22,23). The van der Waals surface area contributed by atoms with E-state index in [4.69, 9.17) is 5.11 Å². The third kappa shape index (κ3) is 3.03. The Bertz CT molecular complexity index is 952. The number of aryl methyl sites for hydroxylation is 2. The molecule has 24 heavy (non-hydrogen) atoms. The average Bonchev–Trinajstić information content (AvgIpc) is 3.16. The van der Waals surface area contributed by atoms with Gasteiger partial charge in [-0.15, -0.1) is 11.3 Å². The van der Waals surface area contributed by atoms with Crippen LogP contribution in [0.4, 0.5) is 0 Å². The number of carbonyl (C=O) groups is 1. The molecule has 0 fully saturated rings. The first kappa shape index (κ1) is 16.2. The highest BCUT2D eigenvalue weighted by molar-refractivity contribution is 7.12. The molecule has 0 spiro atoms. The number of benzene rings is 1. The van der Waals surface area contributed by atoms with Crippen LogP contribution in [0.5, 0.6) is 0 Å². The zero-order valence-electron chi connectivity index (χ0n) is 13.4. The summed E-state index contributed by atoms with van der Waals surface area (Å²) in [4.78, 5) is 27.1. The van der Waals surface area contributed by atoms with Crippen molar-refractivity contribution < 1.29 is 9.90 Å². The Labute approximate surface area is 142 Å². The van der Waals surface area contributed by atoms with E-state index in [-0.39, 0.29) is 11.3 Å². The first-order valence-electron chi connectivity index (χ1n) is 7.60. The lowest BCUT2D eigenvalue weighted by Gasteiger charge is -2.07. The number of thiazole rings is 1. The van der Waals surface area contributed by atoms with Crippen LogP contribution in [0.1, 0.15) is 35.0 Å². The highest BCUT2D eigenvalue weighted by Gasteiger charge is 2.14. The van der Waals surface area contributed by atoms with Gasteiger partial charge in [-0.1, -0.05) is 25.5 Å². The van der Waals surface area contributed by atoms with Gasteiger partial charge in [0.15, 0.2) is 5.69 Å². The van der Waals surface area contributed by atoms with Gasteiger partial charge in [0, 0.05) is 11.4 Å². The molecule has 0 atom stereocenters. The van der Waals surface area contributed by atoms with Crippen LogP contribution in [0, 0.1) is 6.92 Å². The molecular weight excluding hydrogens is 326 g/mol. The third-order valence-corrected chi connectivity index (χ3v) is 4.63. The maximum absolute atomic E-state index is 12.2. The summed E-state index contributed by atoms with van der Waals surface area (Å²) in [5.74, 6) is -1.11. The fourth-order valence-corrected chi connectivity index (χ4v) is 3.29. The van der Waals surface area contributed by atoms with E-state index in [1.165, 1.54) is 27.3 Å². The van der Waals surface area contributed by atoms with Gasteiger partial charge in [-0.2, -0.15) is 4.68 Å². The van der Waals surface area contributed by atoms with Gasteiger partial charge in [-0.3, -0.25) is 9.89 Å². The van der Waals surface area contributed by atoms with Gasteiger partial charge in [0.2, 0.25) is 5.13 Å². The molecule has 0 saturated heterocycles. The van der Waals surface area contributed by atoms with Crippen molar-refractivity contribution in [2.45, 2.75) is 26.7 Å². The normalized spacial score (nSPS) is 10.9. The largest absolute Gasteiger partial charge is 0.476 e. The molecule has 0 bridgehead atoms. The number of aromatic nitrogens is 3. The van der Waals surface area contributed by atoms with E-state index in [1.54, 1.807) is 0 Å². The molecule has 124 valence electrons. The number of hydrogen-bond donors (Lipinski definition) is 2. The number of rotatable bonds is 5. The summed E-state index contributed by atoms with van der Waals surface area (Å²) in [7, 11) is 0. The summed E-state index contributed by atoms with van der Waals surface area (Å²) in [6.45, 7) is 4.21. The van der Waals surface area contributed by atoms with Crippen LogP contribution in [0.2, 0.25) is 0 Å². The van der Waals surface area contributed by atoms with Crippen molar-refractivity contribution >= 4 is 17.3 Å². The molecule has 3 rings (SSSR count). The van der Waals surface area contributed by atoms with Crippen molar-refractivity contribution in [2.24, 2.45) is 0 Å². The minimum Gasteiger partial charge on any atom is -0.476 e. The number of aromatic amines is 1. The molecule has 0 amide bonds. The predicted octanol–water partition coefficient (Wildman–Crippen LogP) is 3.25. The van der Waals surface area contributed by atoms with Crippen molar-refractivity contribution in [1.82, 2.24) is 14.8 Å². The zero-order valence-corrected chi connectivity index (χ0v) is 14.2. The average molecular weight is 343 g/mol. The Morgan fingerprint density at radius 1 is 1.38 bits per heavy atom. The Hall–Kier alpha value is -2.67. The Morgan fingerprint density at radius 3 is 2.83 bits per heavy atom. The summed E-state index contributed by atoms with van der Waals surface area (Å²) >= 11 is 1.11. The lowest BCUT2D eigenvalue weighted by molar-refractivity contribution is 0.0691. The first-order chi connectivity index (χ1) is 11.5. The first-order valence-corrected chi connectivity index (χ1v) is 8.48. The van der Waals surface area contributed by atoms with E-state index in [2.05, 4.69) is 30.0 Å². The number of carboxylic acids is 1. The van der Waals surface area contributed by atoms with Crippen LogP contribution in [0.25, 0.3) is 16.4 Å². The number of nitrogens with one attached hydrogen (secondary N) is 1. The van der Waals surface area contributed by atoms with Gasteiger partial charge >= 0.3 is 5.97 Å². The van der Waals surface area contributed by atoms with Crippen molar-refractivity contribution in [3.8, 4) is 16.4 Å². The van der Waals surface area contributed by atoms with E-state index >= 15 is 0 Å². The fourth-order valence-electron chi connectivity index (χ4n) is 2.53. The van der Waals surface area contributed by atoms with Crippen LogP contribution < -0.4 is 5.56 Å². The van der Waals surface area contributed by atoms with Gasteiger partial charge in [0.1, 0.15) is 0 Å². The summed E-state index contributed by atoms with van der Waals surface area (Å²) in [6.07, 6.45) is 2.04. The topological polar surface area (TPSA) is 88.0 Å². The van der Waals surface area contributed by atoms with E-state index in [9.17, 15) is 9.59 Å². The SMILES string of the molecule is CCCc1cc(-c2cc(=O)n(-c3nc(C(=O)O)cs3)[nH]2)ccc1C. The molecule has 0 aliphatic heterocycles.